The maximum Gasteiger partial charge on any atom is 0.245 e. The maximum absolute atomic E-state index is 12.2. The van der Waals surface area contributed by atoms with Gasteiger partial charge in [0.2, 0.25) is 11.8 Å². The van der Waals surface area contributed by atoms with E-state index in [1.807, 2.05) is 49.4 Å². The second kappa shape index (κ2) is 8.06. The number of nitrogens with one attached hydrogen (secondary N) is 2. The van der Waals surface area contributed by atoms with Gasteiger partial charge in [-0.05, 0) is 36.3 Å². The Morgan fingerprint density at radius 2 is 1.85 bits per heavy atom. The van der Waals surface area contributed by atoms with Gasteiger partial charge in [-0.3, -0.25) is 15.0 Å². The van der Waals surface area contributed by atoms with Crippen molar-refractivity contribution >= 4 is 29.1 Å². The molecule has 0 spiro atoms. The predicted octanol–water partition coefficient (Wildman–Crippen LogP) is 3.04. The molecule has 0 aliphatic carbocycles. The smallest absolute Gasteiger partial charge is 0.245 e. The molecule has 134 valence electrons. The third kappa shape index (κ3) is 4.64. The standard InChI is InChI=1S/C20H20ClN3O2/c1-14-2-4-15(5-3-14)12-22-19(25)13-24-20(26)11-10-18(23-24)16-6-8-17(21)9-7-16/h2-10,23H,11-13H2,1H3,(H,22,25). The van der Waals surface area contributed by atoms with Crippen molar-refractivity contribution in [1.82, 2.24) is 15.8 Å². The first-order valence-corrected chi connectivity index (χ1v) is 8.74. The van der Waals surface area contributed by atoms with Crippen molar-refractivity contribution in [3.63, 3.8) is 0 Å². The van der Waals surface area contributed by atoms with Crippen molar-refractivity contribution in [3.8, 4) is 0 Å². The Labute approximate surface area is 157 Å². The average molecular weight is 370 g/mol. The molecule has 2 N–H and O–H groups in total. The lowest BCUT2D eigenvalue weighted by Gasteiger charge is -2.28. The van der Waals surface area contributed by atoms with E-state index in [0.717, 1.165) is 16.8 Å². The van der Waals surface area contributed by atoms with Crippen LogP contribution in [0.1, 0.15) is 23.1 Å². The maximum atomic E-state index is 12.2. The molecule has 0 aromatic heterocycles. The quantitative estimate of drug-likeness (QED) is 0.851. The number of hydrazine groups is 1. The Balaban J connectivity index is 1.57. The highest BCUT2D eigenvalue weighted by molar-refractivity contribution is 6.30. The van der Waals surface area contributed by atoms with Crippen molar-refractivity contribution in [2.75, 3.05) is 6.54 Å². The van der Waals surface area contributed by atoms with E-state index in [1.165, 1.54) is 10.6 Å². The summed E-state index contributed by atoms with van der Waals surface area (Å²) in [4.78, 5) is 24.3. The van der Waals surface area contributed by atoms with E-state index >= 15 is 0 Å². The van der Waals surface area contributed by atoms with Crippen LogP contribution in [0.3, 0.4) is 0 Å². The lowest BCUT2D eigenvalue weighted by molar-refractivity contribution is -0.137. The minimum absolute atomic E-state index is 0.0460. The Kier molecular flexibility index (Phi) is 5.58. The fraction of sp³-hybridized carbons (Fsp3) is 0.200. The molecule has 3 rings (SSSR count). The van der Waals surface area contributed by atoms with Gasteiger partial charge in [-0.25, -0.2) is 5.01 Å². The molecule has 0 atom stereocenters. The van der Waals surface area contributed by atoms with Gasteiger partial charge in [0.15, 0.2) is 0 Å². The molecule has 2 aromatic carbocycles. The number of carbonyl (C=O) groups is 2. The zero-order valence-electron chi connectivity index (χ0n) is 14.5. The molecule has 0 unspecified atom stereocenters. The largest absolute Gasteiger partial charge is 0.350 e. The van der Waals surface area contributed by atoms with E-state index in [0.29, 0.717) is 11.6 Å². The van der Waals surface area contributed by atoms with Crippen molar-refractivity contribution in [1.29, 1.82) is 0 Å². The van der Waals surface area contributed by atoms with Gasteiger partial charge in [-0.1, -0.05) is 53.6 Å². The number of amides is 2. The minimum atomic E-state index is -0.219. The summed E-state index contributed by atoms with van der Waals surface area (Å²) < 4.78 is 0. The fourth-order valence-electron chi connectivity index (χ4n) is 2.60. The third-order valence-corrected chi connectivity index (χ3v) is 4.36. The van der Waals surface area contributed by atoms with E-state index in [-0.39, 0.29) is 24.8 Å². The number of halogens is 1. The lowest BCUT2D eigenvalue weighted by Crippen LogP contribution is -2.49. The first kappa shape index (κ1) is 18.0. The molecule has 0 radical (unpaired) electrons. The zero-order chi connectivity index (χ0) is 18.5. The van der Waals surface area contributed by atoms with Gasteiger partial charge in [0.05, 0.1) is 5.70 Å². The summed E-state index contributed by atoms with van der Waals surface area (Å²) in [5.74, 6) is -0.364. The van der Waals surface area contributed by atoms with Gasteiger partial charge < -0.3 is 5.32 Å². The molecule has 5 nitrogen and oxygen atoms in total. The average Bonchev–Trinajstić information content (AvgIpc) is 2.64. The Hall–Kier alpha value is -2.79. The number of nitrogens with zero attached hydrogens (tertiary/aromatic N) is 1. The summed E-state index contributed by atoms with van der Waals surface area (Å²) >= 11 is 5.91. The molecular formula is C20H20ClN3O2. The summed E-state index contributed by atoms with van der Waals surface area (Å²) in [7, 11) is 0. The SMILES string of the molecule is Cc1ccc(CNC(=O)CN2NC(c3ccc(Cl)cc3)=CCC2=O)cc1. The molecule has 6 heteroatoms. The zero-order valence-corrected chi connectivity index (χ0v) is 15.2. The van der Waals surface area contributed by atoms with Gasteiger partial charge in [-0.2, -0.15) is 0 Å². The van der Waals surface area contributed by atoms with Crippen LogP contribution in [0.5, 0.6) is 0 Å². The predicted molar refractivity (Wildman–Crippen MR) is 102 cm³/mol. The number of hydrogen-bond donors (Lipinski definition) is 2. The summed E-state index contributed by atoms with van der Waals surface area (Å²) in [5.41, 5.74) is 6.90. The molecule has 0 saturated heterocycles. The first-order chi connectivity index (χ1) is 12.5. The van der Waals surface area contributed by atoms with Gasteiger partial charge >= 0.3 is 0 Å². The minimum Gasteiger partial charge on any atom is -0.350 e. The van der Waals surface area contributed by atoms with E-state index < -0.39 is 0 Å². The molecule has 1 aliphatic heterocycles. The summed E-state index contributed by atoms with van der Waals surface area (Å²) in [6.07, 6.45) is 2.06. The van der Waals surface area contributed by atoms with Crippen molar-refractivity contribution in [3.05, 3.63) is 76.3 Å². The highest BCUT2D eigenvalue weighted by atomic mass is 35.5. The highest BCUT2D eigenvalue weighted by Crippen LogP contribution is 2.19. The Morgan fingerprint density at radius 1 is 1.15 bits per heavy atom. The van der Waals surface area contributed by atoms with Gasteiger partial charge in [-0.15, -0.1) is 0 Å². The molecule has 0 fully saturated rings. The van der Waals surface area contributed by atoms with Crippen molar-refractivity contribution in [2.45, 2.75) is 19.9 Å². The monoisotopic (exact) mass is 369 g/mol. The number of aryl methyl sites for hydroxylation is 1. The van der Waals surface area contributed by atoms with Crippen LogP contribution in [0.4, 0.5) is 0 Å². The molecule has 0 bridgehead atoms. The van der Waals surface area contributed by atoms with Gasteiger partial charge in [0, 0.05) is 18.0 Å². The highest BCUT2D eigenvalue weighted by Gasteiger charge is 2.22. The van der Waals surface area contributed by atoms with E-state index in [2.05, 4.69) is 10.7 Å². The van der Waals surface area contributed by atoms with E-state index in [4.69, 9.17) is 11.6 Å². The molecule has 1 aliphatic rings. The number of carbonyl (C=O) groups excluding carboxylic acids is 2. The van der Waals surface area contributed by atoms with Crippen molar-refractivity contribution < 1.29 is 9.59 Å². The molecule has 0 saturated carbocycles. The number of rotatable bonds is 5. The lowest BCUT2D eigenvalue weighted by atomic mass is 10.1. The van der Waals surface area contributed by atoms with Crippen LogP contribution in [-0.2, 0) is 16.1 Å². The van der Waals surface area contributed by atoms with Crippen LogP contribution in [0, 0.1) is 6.92 Å². The van der Waals surface area contributed by atoms with Crippen LogP contribution >= 0.6 is 11.6 Å². The van der Waals surface area contributed by atoms with E-state index in [9.17, 15) is 9.59 Å². The van der Waals surface area contributed by atoms with Crippen LogP contribution in [0.15, 0.2) is 54.6 Å². The number of hydrogen-bond acceptors (Lipinski definition) is 3. The fourth-order valence-corrected chi connectivity index (χ4v) is 2.72. The van der Waals surface area contributed by atoms with Crippen LogP contribution < -0.4 is 10.7 Å². The molecule has 26 heavy (non-hydrogen) atoms. The summed E-state index contributed by atoms with van der Waals surface area (Å²) in [6, 6.07) is 15.3. The molecule has 2 amide bonds. The summed E-state index contributed by atoms with van der Waals surface area (Å²) in [6.45, 7) is 2.40. The molecule has 1 heterocycles. The molecular weight excluding hydrogens is 350 g/mol. The summed E-state index contributed by atoms with van der Waals surface area (Å²) in [5, 5.41) is 4.83. The van der Waals surface area contributed by atoms with Gasteiger partial charge in [0.25, 0.3) is 0 Å². The second-order valence-electron chi connectivity index (χ2n) is 6.18. The topological polar surface area (TPSA) is 61.4 Å². The van der Waals surface area contributed by atoms with Crippen LogP contribution in [-0.4, -0.2) is 23.4 Å². The normalized spacial score (nSPS) is 13.8. The number of benzene rings is 2. The third-order valence-electron chi connectivity index (χ3n) is 4.10. The first-order valence-electron chi connectivity index (χ1n) is 8.36. The van der Waals surface area contributed by atoms with Gasteiger partial charge in [0.1, 0.15) is 6.54 Å². The second-order valence-corrected chi connectivity index (χ2v) is 6.62. The Bertz CT molecular complexity index is 829. The van der Waals surface area contributed by atoms with Crippen LogP contribution in [0.25, 0.3) is 5.70 Å². The van der Waals surface area contributed by atoms with Crippen LogP contribution in [0.2, 0.25) is 5.02 Å². The Morgan fingerprint density at radius 3 is 2.54 bits per heavy atom. The van der Waals surface area contributed by atoms with E-state index in [1.54, 1.807) is 12.1 Å². The van der Waals surface area contributed by atoms with Crippen molar-refractivity contribution in [2.24, 2.45) is 0 Å². The molecule has 2 aromatic rings.